The second-order valence-electron chi connectivity index (χ2n) is 10.1. The van der Waals surface area contributed by atoms with Crippen LogP contribution in [0.2, 0.25) is 0 Å². The average molecular weight is 586 g/mol. The highest BCUT2D eigenvalue weighted by atomic mass is 32.2. The molecule has 7 nitrogen and oxygen atoms in total. The monoisotopic (exact) mass is 585 g/mol. The third-order valence-corrected chi connectivity index (χ3v) is 7.99. The number of carbonyl (C=O) groups excluding carboxylic acids is 2. The molecule has 0 fully saturated rings. The van der Waals surface area contributed by atoms with Crippen molar-refractivity contribution >= 4 is 27.5 Å². The van der Waals surface area contributed by atoms with Crippen LogP contribution in [0.3, 0.4) is 0 Å². The van der Waals surface area contributed by atoms with Gasteiger partial charge < -0.3 is 10.2 Å². The number of rotatable bonds is 14. The van der Waals surface area contributed by atoms with Crippen molar-refractivity contribution in [3.05, 3.63) is 102 Å². The number of benzene rings is 3. The third kappa shape index (κ3) is 9.38. The van der Waals surface area contributed by atoms with Crippen LogP contribution >= 0.6 is 0 Å². The van der Waals surface area contributed by atoms with E-state index in [2.05, 4.69) is 5.32 Å². The van der Waals surface area contributed by atoms with Gasteiger partial charge in [-0.2, -0.15) is 0 Å². The molecule has 0 aromatic heterocycles. The minimum atomic E-state index is -3.83. The van der Waals surface area contributed by atoms with E-state index in [0.29, 0.717) is 12.0 Å². The molecule has 0 saturated carbocycles. The Morgan fingerprint density at radius 3 is 2.15 bits per heavy atom. The van der Waals surface area contributed by atoms with Gasteiger partial charge in [-0.25, -0.2) is 17.2 Å². The molecule has 0 spiro atoms. The van der Waals surface area contributed by atoms with Gasteiger partial charge in [0.05, 0.1) is 11.9 Å². The minimum Gasteiger partial charge on any atom is -0.352 e. The molecule has 2 amide bonds. The number of carbonyl (C=O) groups is 2. The first kappa shape index (κ1) is 31.7. The van der Waals surface area contributed by atoms with E-state index in [0.717, 1.165) is 16.1 Å². The number of hydrogen-bond donors (Lipinski definition) is 1. The Balaban J connectivity index is 1.89. The average Bonchev–Trinajstić information content (AvgIpc) is 2.94. The van der Waals surface area contributed by atoms with Crippen molar-refractivity contribution in [2.24, 2.45) is 0 Å². The summed E-state index contributed by atoms with van der Waals surface area (Å²) in [5.41, 5.74) is 1.40. The molecule has 3 aromatic rings. The van der Waals surface area contributed by atoms with Crippen LogP contribution in [0.4, 0.5) is 14.5 Å². The highest BCUT2D eigenvalue weighted by molar-refractivity contribution is 7.92. The topological polar surface area (TPSA) is 86.8 Å². The van der Waals surface area contributed by atoms with E-state index in [1.165, 1.54) is 41.3 Å². The molecule has 0 saturated heterocycles. The van der Waals surface area contributed by atoms with Gasteiger partial charge >= 0.3 is 0 Å². The second kappa shape index (κ2) is 14.7. The van der Waals surface area contributed by atoms with Crippen LogP contribution in [-0.2, 0) is 32.6 Å². The molecular weight excluding hydrogens is 548 g/mol. The molecule has 0 aliphatic heterocycles. The van der Waals surface area contributed by atoms with Crippen molar-refractivity contribution in [1.29, 1.82) is 0 Å². The summed E-state index contributed by atoms with van der Waals surface area (Å²) in [6.07, 6.45) is 1.93. The molecule has 0 bridgehead atoms. The SMILES string of the molecule is CC[C@@H](C)NC(=O)[C@@H](Cc1ccccc1)N(Cc1ccc(F)cc1)C(=O)CCCN(c1ccccc1F)S(C)(=O)=O. The fraction of sp³-hybridized carbons (Fsp3) is 0.355. The number of halogens is 2. The van der Waals surface area contributed by atoms with E-state index in [1.54, 1.807) is 12.1 Å². The molecule has 0 aliphatic carbocycles. The van der Waals surface area contributed by atoms with Crippen molar-refractivity contribution in [2.45, 2.75) is 58.2 Å². The highest BCUT2D eigenvalue weighted by Gasteiger charge is 2.31. The summed E-state index contributed by atoms with van der Waals surface area (Å²) < 4.78 is 53.9. The Morgan fingerprint density at radius 1 is 0.902 bits per heavy atom. The molecule has 2 atom stereocenters. The van der Waals surface area contributed by atoms with Crippen LogP contribution in [0.1, 0.15) is 44.2 Å². The molecule has 0 aliphatic rings. The van der Waals surface area contributed by atoms with Crippen LogP contribution in [0.25, 0.3) is 0 Å². The molecule has 3 rings (SSSR count). The summed E-state index contributed by atoms with van der Waals surface area (Å²) >= 11 is 0. The van der Waals surface area contributed by atoms with Crippen LogP contribution in [0, 0.1) is 11.6 Å². The van der Waals surface area contributed by atoms with Gasteiger partial charge in [-0.15, -0.1) is 0 Å². The number of nitrogens with one attached hydrogen (secondary N) is 1. The van der Waals surface area contributed by atoms with Crippen molar-refractivity contribution in [2.75, 3.05) is 17.1 Å². The van der Waals surface area contributed by atoms with Gasteiger partial charge in [0.25, 0.3) is 0 Å². The van der Waals surface area contributed by atoms with Gasteiger partial charge in [-0.3, -0.25) is 13.9 Å². The van der Waals surface area contributed by atoms with Gasteiger partial charge in [0.15, 0.2) is 0 Å². The molecule has 0 unspecified atom stereocenters. The number of amides is 2. The highest BCUT2D eigenvalue weighted by Crippen LogP contribution is 2.23. The van der Waals surface area contributed by atoms with E-state index in [9.17, 15) is 26.8 Å². The maximum absolute atomic E-state index is 14.4. The number of hydrogen-bond acceptors (Lipinski definition) is 4. The first-order valence-corrected chi connectivity index (χ1v) is 15.4. The lowest BCUT2D eigenvalue weighted by Crippen LogP contribution is -2.52. The van der Waals surface area contributed by atoms with E-state index >= 15 is 0 Å². The Kier molecular flexibility index (Phi) is 11.4. The van der Waals surface area contributed by atoms with Gasteiger partial charge in [0.1, 0.15) is 17.7 Å². The van der Waals surface area contributed by atoms with Crippen molar-refractivity contribution in [3.8, 4) is 0 Å². The predicted molar refractivity (Wildman–Crippen MR) is 157 cm³/mol. The summed E-state index contributed by atoms with van der Waals surface area (Å²) in [7, 11) is -3.83. The molecule has 0 heterocycles. The fourth-order valence-electron chi connectivity index (χ4n) is 4.42. The summed E-state index contributed by atoms with van der Waals surface area (Å²) in [6.45, 7) is 3.75. The zero-order valence-electron chi connectivity index (χ0n) is 23.6. The fourth-order valence-corrected chi connectivity index (χ4v) is 5.38. The Hall–Kier alpha value is -3.79. The first-order valence-electron chi connectivity index (χ1n) is 13.6. The van der Waals surface area contributed by atoms with E-state index < -0.39 is 27.7 Å². The predicted octanol–water partition coefficient (Wildman–Crippen LogP) is 5.07. The van der Waals surface area contributed by atoms with E-state index in [4.69, 9.17) is 0 Å². The number of sulfonamides is 1. The first-order chi connectivity index (χ1) is 19.5. The quantitative estimate of drug-likeness (QED) is 0.286. The number of anilines is 1. The largest absolute Gasteiger partial charge is 0.352 e. The zero-order valence-corrected chi connectivity index (χ0v) is 24.4. The summed E-state index contributed by atoms with van der Waals surface area (Å²) in [5, 5.41) is 2.98. The lowest BCUT2D eigenvalue weighted by atomic mass is 10.0. The van der Waals surface area contributed by atoms with Crippen LogP contribution in [0.5, 0.6) is 0 Å². The van der Waals surface area contributed by atoms with E-state index in [1.807, 2.05) is 44.2 Å². The molecule has 220 valence electrons. The Bertz CT molecular complexity index is 1400. The molecular formula is C31H37F2N3O4S. The van der Waals surface area contributed by atoms with E-state index in [-0.39, 0.29) is 55.9 Å². The Labute approximate surface area is 241 Å². The summed E-state index contributed by atoms with van der Waals surface area (Å²) in [5.74, 6) is -1.80. The lowest BCUT2D eigenvalue weighted by Gasteiger charge is -2.32. The van der Waals surface area contributed by atoms with Crippen molar-refractivity contribution in [3.63, 3.8) is 0 Å². The molecule has 0 radical (unpaired) electrons. The maximum Gasteiger partial charge on any atom is 0.243 e. The molecule has 10 heteroatoms. The zero-order chi connectivity index (χ0) is 30.0. The number of nitrogens with zero attached hydrogens (tertiary/aromatic N) is 2. The van der Waals surface area contributed by atoms with Crippen LogP contribution < -0.4 is 9.62 Å². The Morgan fingerprint density at radius 2 is 1.54 bits per heavy atom. The normalized spacial score (nSPS) is 12.8. The van der Waals surface area contributed by atoms with Gasteiger partial charge in [0.2, 0.25) is 21.8 Å². The molecule has 41 heavy (non-hydrogen) atoms. The van der Waals surface area contributed by atoms with Gasteiger partial charge in [-0.05, 0) is 55.2 Å². The summed E-state index contributed by atoms with van der Waals surface area (Å²) in [6, 6.07) is 19.6. The second-order valence-corrected chi connectivity index (χ2v) is 12.0. The van der Waals surface area contributed by atoms with Crippen LogP contribution in [-0.4, -0.2) is 50.0 Å². The smallest absolute Gasteiger partial charge is 0.243 e. The molecule has 1 N–H and O–H groups in total. The minimum absolute atomic E-state index is 0.0492. The van der Waals surface area contributed by atoms with Crippen molar-refractivity contribution in [1.82, 2.24) is 10.2 Å². The standard InChI is InChI=1S/C31H37F2N3O4S/c1-4-23(2)34-31(38)29(21-24-11-6-5-7-12-24)35(22-25-16-18-26(32)19-17-25)30(37)15-10-20-36(41(3,39)40)28-14-9-8-13-27(28)33/h5-9,11-14,16-19,23,29H,4,10,15,20-22H2,1-3H3,(H,34,38)/t23-,29-/m1/s1. The van der Waals surface area contributed by atoms with Crippen molar-refractivity contribution < 1.29 is 26.8 Å². The molecule has 3 aromatic carbocycles. The van der Waals surface area contributed by atoms with Crippen LogP contribution in [0.15, 0.2) is 78.9 Å². The summed E-state index contributed by atoms with van der Waals surface area (Å²) in [4.78, 5) is 28.8. The third-order valence-electron chi connectivity index (χ3n) is 6.81. The van der Waals surface area contributed by atoms with Gasteiger partial charge in [-0.1, -0.05) is 61.5 Å². The van der Waals surface area contributed by atoms with Gasteiger partial charge in [0, 0.05) is 32.0 Å². The number of para-hydroxylation sites is 1. The lowest BCUT2D eigenvalue weighted by molar-refractivity contribution is -0.141. The maximum atomic E-state index is 14.4.